The Balaban J connectivity index is 3.77. The minimum atomic E-state index is -4.30. The van der Waals surface area contributed by atoms with Crippen LogP contribution < -0.4 is 5.32 Å². The summed E-state index contributed by atoms with van der Waals surface area (Å²) in [5, 5.41) is 13.3. The van der Waals surface area contributed by atoms with Crippen molar-refractivity contribution in [3.63, 3.8) is 0 Å². The van der Waals surface area contributed by atoms with Crippen molar-refractivity contribution in [2.75, 3.05) is 5.75 Å². The second-order valence-corrected chi connectivity index (χ2v) is 15.8. The van der Waals surface area contributed by atoms with E-state index in [4.69, 9.17) is 0 Å². The molecule has 0 radical (unpaired) electrons. The number of hydrogen-bond donors (Lipinski definition) is 3. The van der Waals surface area contributed by atoms with Crippen LogP contribution in [0.4, 0.5) is 0 Å². The van der Waals surface area contributed by atoms with Crippen LogP contribution >= 0.6 is 0 Å². The highest BCUT2D eigenvalue weighted by atomic mass is 32.2. The second-order valence-electron chi connectivity index (χ2n) is 14.3. The van der Waals surface area contributed by atoms with Gasteiger partial charge >= 0.3 is 0 Å². The lowest BCUT2D eigenvalue weighted by atomic mass is 10.0. The highest BCUT2D eigenvalue weighted by Gasteiger charge is 2.26. The lowest BCUT2D eigenvalue weighted by molar-refractivity contribution is -0.122. The highest BCUT2D eigenvalue weighted by molar-refractivity contribution is 7.85. The molecule has 46 heavy (non-hydrogen) atoms. The summed E-state index contributed by atoms with van der Waals surface area (Å²) in [6.45, 7) is 4.51. The summed E-state index contributed by atoms with van der Waals surface area (Å²) in [7, 11) is -4.30. The zero-order valence-corrected chi connectivity index (χ0v) is 31.5. The van der Waals surface area contributed by atoms with Gasteiger partial charge in [-0.3, -0.25) is 9.35 Å². The third-order valence-electron chi connectivity index (χ3n) is 9.56. The molecule has 276 valence electrons. The van der Waals surface area contributed by atoms with E-state index < -0.39 is 28.0 Å². The maximum absolute atomic E-state index is 12.5. The lowest BCUT2D eigenvalue weighted by Gasteiger charge is -2.23. The van der Waals surface area contributed by atoms with Crippen LogP contribution in [0.2, 0.25) is 0 Å². The van der Waals surface area contributed by atoms with E-state index in [2.05, 4.69) is 19.2 Å². The summed E-state index contributed by atoms with van der Waals surface area (Å²) < 4.78 is 32.4. The molecule has 0 aliphatic carbocycles. The number of unbranched alkanes of at least 4 members (excludes halogenated alkanes) is 29. The first-order valence-corrected chi connectivity index (χ1v) is 21.8. The molecule has 3 N–H and O–H groups in total. The Morgan fingerprint density at radius 3 is 1.09 bits per heavy atom. The van der Waals surface area contributed by atoms with Crippen LogP contribution in [-0.2, 0) is 14.9 Å². The van der Waals surface area contributed by atoms with E-state index in [0.29, 0.717) is 12.8 Å². The number of carbonyl (C=O) groups excluding carboxylic acids is 1. The molecule has 0 aliphatic heterocycles. The molecule has 0 rings (SSSR count). The molecule has 0 saturated carbocycles. The van der Waals surface area contributed by atoms with E-state index in [9.17, 15) is 22.9 Å². The van der Waals surface area contributed by atoms with Crippen LogP contribution in [0.1, 0.15) is 226 Å². The van der Waals surface area contributed by atoms with Crippen molar-refractivity contribution in [2.45, 2.75) is 238 Å². The van der Waals surface area contributed by atoms with Gasteiger partial charge in [0.25, 0.3) is 10.1 Å². The van der Waals surface area contributed by atoms with Crippen molar-refractivity contribution in [3.05, 3.63) is 0 Å². The zero-order valence-electron chi connectivity index (χ0n) is 30.7. The van der Waals surface area contributed by atoms with Crippen molar-refractivity contribution in [2.24, 2.45) is 0 Å². The average molecular weight is 674 g/mol. The van der Waals surface area contributed by atoms with E-state index in [0.717, 1.165) is 38.5 Å². The largest absolute Gasteiger partial charge is 0.391 e. The maximum Gasteiger partial charge on any atom is 0.266 e. The van der Waals surface area contributed by atoms with Crippen molar-refractivity contribution in [1.29, 1.82) is 0 Å². The molecule has 0 saturated heterocycles. The fraction of sp³-hybridized carbons (Fsp3) is 0.974. The molecule has 0 bridgehead atoms. The molecule has 0 spiro atoms. The summed E-state index contributed by atoms with van der Waals surface area (Å²) in [6, 6.07) is -0.962. The van der Waals surface area contributed by atoms with Gasteiger partial charge in [-0.05, 0) is 12.8 Å². The van der Waals surface area contributed by atoms with Gasteiger partial charge in [0.2, 0.25) is 5.91 Å². The van der Waals surface area contributed by atoms with E-state index in [1.54, 1.807) is 0 Å². The molecule has 6 nitrogen and oxygen atoms in total. The number of aliphatic hydroxyl groups is 1. The van der Waals surface area contributed by atoms with Gasteiger partial charge in [-0.15, -0.1) is 0 Å². The summed E-state index contributed by atoms with van der Waals surface area (Å²) in [5.41, 5.74) is 0. The SMILES string of the molecule is CCCCCCCCCCCCCCCCCCCCCCC(=O)NC(CS(=O)(=O)O)C(O)CCCCCCCCCCCCC. The van der Waals surface area contributed by atoms with Gasteiger partial charge < -0.3 is 10.4 Å². The Morgan fingerprint density at radius 1 is 0.500 bits per heavy atom. The molecule has 0 aromatic rings. The van der Waals surface area contributed by atoms with Crippen molar-refractivity contribution >= 4 is 16.0 Å². The minimum absolute atomic E-state index is 0.242. The van der Waals surface area contributed by atoms with E-state index >= 15 is 0 Å². The van der Waals surface area contributed by atoms with Crippen molar-refractivity contribution in [3.8, 4) is 0 Å². The third-order valence-corrected chi connectivity index (χ3v) is 10.3. The van der Waals surface area contributed by atoms with Gasteiger partial charge in [0.05, 0.1) is 17.9 Å². The summed E-state index contributed by atoms with van der Waals surface area (Å²) in [6.07, 6.45) is 39.1. The first-order valence-electron chi connectivity index (χ1n) is 20.2. The predicted octanol–water partition coefficient (Wildman–Crippen LogP) is 11.6. The molecule has 1 amide bonds. The average Bonchev–Trinajstić information content (AvgIpc) is 3.01. The van der Waals surface area contributed by atoms with Crippen LogP contribution in [0.15, 0.2) is 0 Å². The first kappa shape index (κ1) is 45.3. The molecule has 0 fully saturated rings. The molecular weight excluding hydrogens is 594 g/mol. The topological polar surface area (TPSA) is 104 Å². The highest BCUT2D eigenvalue weighted by Crippen LogP contribution is 2.16. The molecular formula is C39H79NO5S. The van der Waals surface area contributed by atoms with Crippen LogP contribution in [0.3, 0.4) is 0 Å². The summed E-state index contributed by atoms with van der Waals surface area (Å²) in [5.74, 6) is -0.883. The first-order chi connectivity index (χ1) is 22.3. The molecule has 2 atom stereocenters. The van der Waals surface area contributed by atoms with Crippen molar-refractivity contribution in [1.82, 2.24) is 5.32 Å². The van der Waals surface area contributed by atoms with Crippen LogP contribution in [0.25, 0.3) is 0 Å². The number of carbonyl (C=O) groups is 1. The van der Waals surface area contributed by atoms with Gasteiger partial charge in [-0.1, -0.05) is 206 Å². The zero-order chi connectivity index (χ0) is 34.0. The van der Waals surface area contributed by atoms with Gasteiger partial charge in [0.1, 0.15) is 0 Å². The molecule has 2 unspecified atom stereocenters. The van der Waals surface area contributed by atoms with Gasteiger partial charge in [-0.2, -0.15) is 8.42 Å². The predicted molar refractivity (Wildman–Crippen MR) is 198 cm³/mol. The van der Waals surface area contributed by atoms with Gasteiger partial charge in [0, 0.05) is 6.42 Å². The van der Waals surface area contributed by atoms with E-state index in [1.165, 1.54) is 161 Å². The van der Waals surface area contributed by atoms with Gasteiger partial charge in [0.15, 0.2) is 0 Å². The number of hydrogen-bond acceptors (Lipinski definition) is 4. The Morgan fingerprint density at radius 2 is 0.783 bits per heavy atom. The van der Waals surface area contributed by atoms with E-state index in [1.807, 2.05) is 0 Å². The number of aliphatic hydroxyl groups excluding tert-OH is 1. The van der Waals surface area contributed by atoms with Crippen LogP contribution in [0.5, 0.6) is 0 Å². The summed E-state index contributed by atoms with van der Waals surface area (Å²) in [4.78, 5) is 12.5. The van der Waals surface area contributed by atoms with Gasteiger partial charge in [-0.25, -0.2) is 0 Å². The Labute approximate surface area is 287 Å². The third kappa shape index (κ3) is 34.7. The quantitative estimate of drug-likeness (QED) is 0.0450. The lowest BCUT2D eigenvalue weighted by Crippen LogP contribution is -2.47. The van der Waals surface area contributed by atoms with Crippen molar-refractivity contribution < 1.29 is 22.9 Å². The molecule has 0 aromatic heterocycles. The molecule has 7 heteroatoms. The number of nitrogens with one attached hydrogen (secondary N) is 1. The summed E-state index contributed by atoms with van der Waals surface area (Å²) >= 11 is 0. The molecule has 0 aromatic carbocycles. The normalized spacial score (nSPS) is 13.2. The second kappa shape index (κ2) is 34.2. The Hall–Kier alpha value is -0.660. The standard InChI is InChI=1S/C39H79NO5S/c1-3-5-7-9-11-13-15-16-17-18-19-20-21-22-23-25-27-29-31-33-35-39(42)40-37(36-46(43,44)45)38(41)34-32-30-28-26-24-14-12-10-8-6-4-2/h37-38,41H,3-36H2,1-2H3,(H,40,42)(H,43,44,45). The maximum atomic E-state index is 12.5. The fourth-order valence-electron chi connectivity index (χ4n) is 6.51. The molecule has 0 aliphatic rings. The smallest absolute Gasteiger partial charge is 0.266 e. The van der Waals surface area contributed by atoms with E-state index in [-0.39, 0.29) is 5.91 Å². The minimum Gasteiger partial charge on any atom is -0.391 e. The van der Waals surface area contributed by atoms with Crippen LogP contribution in [-0.4, -0.2) is 41.9 Å². The molecule has 0 heterocycles. The monoisotopic (exact) mass is 674 g/mol. The Bertz CT molecular complexity index is 745. The number of rotatable bonds is 37. The number of amides is 1. The Kier molecular flexibility index (Phi) is 33.7. The van der Waals surface area contributed by atoms with Crippen LogP contribution in [0, 0.1) is 0 Å². The fourth-order valence-corrected chi connectivity index (χ4v) is 7.27.